The SMILES string of the molecule is CN(C)C1(c2ccccc2)CCC2(CC1)CN(CC#N)C(O)N2CC1CC1. The molecule has 2 aliphatic carbocycles. The number of nitriles is 1. The van der Waals surface area contributed by atoms with Crippen LogP contribution < -0.4 is 0 Å². The Morgan fingerprint density at radius 1 is 1.15 bits per heavy atom. The summed E-state index contributed by atoms with van der Waals surface area (Å²) in [5.41, 5.74) is 1.46. The molecule has 1 saturated heterocycles. The lowest BCUT2D eigenvalue weighted by molar-refractivity contribution is -0.0907. The van der Waals surface area contributed by atoms with Gasteiger partial charge in [0, 0.05) is 24.2 Å². The van der Waals surface area contributed by atoms with Crippen molar-refractivity contribution in [3.8, 4) is 6.07 Å². The Bertz CT molecular complexity index is 686. The van der Waals surface area contributed by atoms with Crippen molar-refractivity contribution in [2.75, 3.05) is 33.7 Å². The molecule has 0 radical (unpaired) electrons. The molecule has 0 bridgehead atoms. The lowest BCUT2D eigenvalue weighted by atomic mass is 9.68. The van der Waals surface area contributed by atoms with Crippen LogP contribution in [0, 0.1) is 17.2 Å². The van der Waals surface area contributed by atoms with Crippen LogP contribution in [0.3, 0.4) is 0 Å². The van der Waals surface area contributed by atoms with Crippen LogP contribution in [-0.2, 0) is 5.54 Å². The normalized spacial score (nSPS) is 35.0. The van der Waals surface area contributed by atoms with Gasteiger partial charge in [-0.1, -0.05) is 30.3 Å². The summed E-state index contributed by atoms with van der Waals surface area (Å²) >= 11 is 0. The van der Waals surface area contributed by atoms with Crippen LogP contribution in [0.5, 0.6) is 0 Å². The summed E-state index contributed by atoms with van der Waals surface area (Å²) in [4.78, 5) is 6.69. The highest BCUT2D eigenvalue weighted by molar-refractivity contribution is 5.26. The number of aliphatic hydroxyl groups excluding tert-OH is 1. The van der Waals surface area contributed by atoms with Gasteiger partial charge in [-0.2, -0.15) is 5.26 Å². The van der Waals surface area contributed by atoms with Crippen LogP contribution in [0.4, 0.5) is 0 Å². The maximum atomic E-state index is 10.9. The Morgan fingerprint density at radius 2 is 1.81 bits per heavy atom. The maximum Gasteiger partial charge on any atom is 0.166 e. The van der Waals surface area contributed by atoms with Gasteiger partial charge in [-0.3, -0.25) is 14.7 Å². The molecular weight excluding hydrogens is 336 g/mol. The van der Waals surface area contributed by atoms with Crippen molar-refractivity contribution in [2.24, 2.45) is 5.92 Å². The van der Waals surface area contributed by atoms with Gasteiger partial charge in [0.2, 0.25) is 0 Å². The third-order valence-electron chi connectivity index (χ3n) is 7.31. The molecule has 3 aliphatic rings. The van der Waals surface area contributed by atoms with Gasteiger partial charge in [-0.15, -0.1) is 0 Å². The van der Waals surface area contributed by atoms with E-state index in [0.29, 0.717) is 6.54 Å². The summed E-state index contributed by atoms with van der Waals surface area (Å²) in [6, 6.07) is 13.1. The van der Waals surface area contributed by atoms with Gasteiger partial charge in [-0.25, -0.2) is 0 Å². The van der Waals surface area contributed by atoms with E-state index in [-0.39, 0.29) is 11.1 Å². The molecule has 1 atom stereocenters. The first kappa shape index (κ1) is 18.9. The van der Waals surface area contributed by atoms with E-state index in [9.17, 15) is 10.4 Å². The molecule has 5 nitrogen and oxygen atoms in total. The standard InChI is InChI=1S/C22H32N4O/c1-24(2)22(19-6-4-3-5-7-19)12-10-21(11-13-22)17-25(15-14-23)20(27)26(21)16-18-8-9-18/h3-7,18,20,27H,8-13,15-17H2,1-2H3. The summed E-state index contributed by atoms with van der Waals surface area (Å²) in [6.45, 7) is 2.09. The third kappa shape index (κ3) is 3.30. The lowest BCUT2D eigenvalue weighted by Crippen LogP contribution is -2.56. The minimum Gasteiger partial charge on any atom is -0.365 e. The van der Waals surface area contributed by atoms with Gasteiger partial charge in [0.1, 0.15) is 0 Å². The molecule has 0 amide bonds. The number of hydrogen-bond acceptors (Lipinski definition) is 5. The molecule has 27 heavy (non-hydrogen) atoms. The Morgan fingerprint density at radius 3 is 2.37 bits per heavy atom. The van der Waals surface area contributed by atoms with E-state index in [2.05, 4.69) is 60.3 Å². The molecule has 1 aromatic rings. The van der Waals surface area contributed by atoms with Crippen LogP contribution >= 0.6 is 0 Å². The summed E-state index contributed by atoms with van der Waals surface area (Å²) in [6.07, 6.45) is 6.24. The Balaban J connectivity index is 1.59. The lowest BCUT2D eigenvalue weighted by Gasteiger charge is -2.51. The molecule has 1 aliphatic heterocycles. The Labute approximate surface area is 163 Å². The first-order valence-electron chi connectivity index (χ1n) is 10.3. The van der Waals surface area contributed by atoms with Crippen LogP contribution in [-0.4, -0.2) is 65.4 Å². The second kappa shape index (κ2) is 7.18. The average molecular weight is 369 g/mol. The van der Waals surface area contributed by atoms with Gasteiger partial charge in [-0.05, 0) is 64.1 Å². The number of benzene rings is 1. The smallest absolute Gasteiger partial charge is 0.166 e. The van der Waals surface area contributed by atoms with E-state index in [1.54, 1.807) is 0 Å². The summed E-state index contributed by atoms with van der Waals surface area (Å²) < 4.78 is 0. The molecule has 3 fully saturated rings. The first-order valence-corrected chi connectivity index (χ1v) is 10.3. The minimum atomic E-state index is -0.603. The van der Waals surface area contributed by atoms with E-state index in [1.165, 1.54) is 18.4 Å². The zero-order valence-corrected chi connectivity index (χ0v) is 16.6. The highest BCUT2D eigenvalue weighted by Crippen LogP contribution is 2.50. The summed E-state index contributed by atoms with van der Waals surface area (Å²) in [5.74, 6) is 0.730. The van der Waals surface area contributed by atoms with E-state index in [0.717, 1.165) is 44.7 Å². The van der Waals surface area contributed by atoms with Crippen molar-refractivity contribution in [3.63, 3.8) is 0 Å². The number of aliphatic hydroxyl groups is 1. The molecule has 5 heteroatoms. The van der Waals surface area contributed by atoms with Gasteiger partial charge in [0.05, 0.1) is 12.6 Å². The van der Waals surface area contributed by atoms with Crippen LogP contribution in [0.1, 0.15) is 44.1 Å². The number of hydrogen-bond donors (Lipinski definition) is 1. The highest BCUT2D eigenvalue weighted by atomic mass is 16.3. The fraction of sp³-hybridized carbons (Fsp3) is 0.682. The van der Waals surface area contributed by atoms with E-state index < -0.39 is 6.35 Å². The molecule has 4 rings (SSSR count). The zero-order valence-electron chi connectivity index (χ0n) is 16.6. The molecule has 1 aromatic carbocycles. The van der Waals surface area contributed by atoms with Gasteiger partial charge < -0.3 is 5.11 Å². The topological polar surface area (TPSA) is 53.7 Å². The number of nitrogens with zero attached hydrogens (tertiary/aromatic N) is 4. The fourth-order valence-corrected chi connectivity index (χ4v) is 5.40. The fourth-order valence-electron chi connectivity index (χ4n) is 5.40. The second-order valence-corrected chi connectivity index (χ2v) is 9.02. The van der Waals surface area contributed by atoms with Crippen molar-refractivity contribution in [1.29, 1.82) is 5.26 Å². The predicted molar refractivity (Wildman–Crippen MR) is 106 cm³/mol. The summed E-state index contributed by atoms with van der Waals surface area (Å²) in [7, 11) is 4.39. The predicted octanol–water partition coefficient (Wildman–Crippen LogP) is 2.58. The van der Waals surface area contributed by atoms with Crippen LogP contribution in [0.25, 0.3) is 0 Å². The van der Waals surface area contributed by atoms with Crippen LogP contribution in [0.2, 0.25) is 0 Å². The largest absolute Gasteiger partial charge is 0.365 e. The molecular formula is C22H32N4O. The van der Waals surface area contributed by atoms with E-state index >= 15 is 0 Å². The molecule has 146 valence electrons. The van der Waals surface area contributed by atoms with E-state index in [4.69, 9.17) is 0 Å². The van der Waals surface area contributed by atoms with E-state index in [1.807, 2.05) is 4.90 Å². The van der Waals surface area contributed by atoms with Gasteiger partial charge in [0.15, 0.2) is 6.35 Å². The van der Waals surface area contributed by atoms with Crippen molar-refractivity contribution in [1.82, 2.24) is 14.7 Å². The quantitative estimate of drug-likeness (QED) is 0.810. The summed E-state index contributed by atoms with van der Waals surface area (Å²) in [5, 5.41) is 20.1. The highest BCUT2D eigenvalue weighted by Gasteiger charge is 2.55. The number of rotatable bonds is 5. The minimum absolute atomic E-state index is 0.00709. The Hall–Kier alpha value is -1.45. The Kier molecular flexibility index (Phi) is 5.02. The second-order valence-electron chi connectivity index (χ2n) is 9.02. The monoisotopic (exact) mass is 368 g/mol. The molecule has 1 heterocycles. The van der Waals surface area contributed by atoms with Gasteiger partial charge >= 0.3 is 0 Å². The molecule has 1 N–H and O–H groups in total. The first-order chi connectivity index (χ1) is 13.0. The van der Waals surface area contributed by atoms with Crippen molar-refractivity contribution >= 4 is 0 Å². The molecule has 1 unspecified atom stereocenters. The average Bonchev–Trinajstić information content (AvgIpc) is 3.47. The van der Waals surface area contributed by atoms with Crippen molar-refractivity contribution < 1.29 is 5.11 Å². The maximum absolute atomic E-state index is 10.9. The van der Waals surface area contributed by atoms with Crippen LogP contribution in [0.15, 0.2) is 30.3 Å². The third-order valence-corrected chi connectivity index (χ3v) is 7.31. The van der Waals surface area contributed by atoms with Gasteiger partial charge in [0.25, 0.3) is 0 Å². The van der Waals surface area contributed by atoms with Crippen molar-refractivity contribution in [3.05, 3.63) is 35.9 Å². The molecule has 0 aromatic heterocycles. The molecule has 2 saturated carbocycles. The molecule has 1 spiro atoms. The van der Waals surface area contributed by atoms with Crippen molar-refractivity contribution in [2.45, 2.75) is 56.0 Å². The zero-order chi connectivity index (χ0) is 19.1.